The monoisotopic (exact) mass is 389 g/mol. The molecule has 0 aliphatic heterocycles. The molecule has 3 aromatic rings. The van der Waals surface area contributed by atoms with Gasteiger partial charge in [-0.1, -0.05) is 90.0 Å². The zero-order valence-corrected chi connectivity index (χ0v) is 18.0. The number of benzene rings is 3. The Kier molecular flexibility index (Phi) is 7.76. The van der Waals surface area contributed by atoms with Gasteiger partial charge in [0.1, 0.15) is 0 Å². The summed E-state index contributed by atoms with van der Waals surface area (Å²) < 4.78 is 0. The fourth-order valence-corrected chi connectivity index (χ4v) is 4.56. The lowest BCUT2D eigenvalue weighted by Crippen LogP contribution is -2.30. The summed E-state index contributed by atoms with van der Waals surface area (Å²) in [6.45, 7) is 7.59. The van der Waals surface area contributed by atoms with E-state index < -0.39 is 0 Å². The summed E-state index contributed by atoms with van der Waals surface area (Å²) in [5, 5.41) is 4.07. The molecule has 2 heteroatoms. The Hall–Kier alpha value is -2.03. The standard InChI is InChI=1S/C26H31NS/c1-20-9-13-24(14-10-20)26(25-15-11-21(2)12-16-25)28-18-17-27-22(3)19-23-7-5-4-6-8-23/h4-16,22,26-27H,17-19H2,1-3H3. The molecule has 1 unspecified atom stereocenters. The van der Waals surface area contributed by atoms with E-state index in [1.807, 2.05) is 11.8 Å². The van der Waals surface area contributed by atoms with Gasteiger partial charge in [0.15, 0.2) is 0 Å². The van der Waals surface area contributed by atoms with Crippen LogP contribution in [-0.2, 0) is 6.42 Å². The van der Waals surface area contributed by atoms with Crippen LogP contribution in [0.4, 0.5) is 0 Å². The molecule has 0 aliphatic carbocycles. The minimum atomic E-state index is 0.382. The van der Waals surface area contributed by atoms with Gasteiger partial charge in [-0.25, -0.2) is 0 Å². The van der Waals surface area contributed by atoms with Gasteiger partial charge >= 0.3 is 0 Å². The van der Waals surface area contributed by atoms with Crippen molar-refractivity contribution >= 4 is 11.8 Å². The van der Waals surface area contributed by atoms with Crippen LogP contribution in [0.2, 0.25) is 0 Å². The van der Waals surface area contributed by atoms with Crippen molar-refractivity contribution in [3.63, 3.8) is 0 Å². The largest absolute Gasteiger partial charge is 0.313 e. The van der Waals surface area contributed by atoms with Crippen LogP contribution in [0.5, 0.6) is 0 Å². The van der Waals surface area contributed by atoms with Crippen LogP contribution in [-0.4, -0.2) is 18.3 Å². The number of rotatable bonds is 9. The molecule has 0 radical (unpaired) electrons. The lowest BCUT2D eigenvalue weighted by Gasteiger charge is -2.20. The smallest absolute Gasteiger partial charge is 0.0547 e. The third-order valence-corrected chi connectivity index (χ3v) is 6.34. The van der Waals surface area contributed by atoms with Crippen molar-refractivity contribution in [1.82, 2.24) is 5.32 Å². The highest BCUT2D eigenvalue weighted by Gasteiger charge is 2.14. The zero-order chi connectivity index (χ0) is 19.8. The molecular weight excluding hydrogens is 358 g/mol. The maximum atomic E-state index is 3.69. The van der Waals surface area contributed by atoms with Crippen LogP contribution >= 0.6 is 11.8 Å². The Morgan fingerprint density at radius 1 is 0.750 bits per heavy atom. The summed E-state index contributed by atoms with van der Waals surface area (Å²) >= 11 is 2.03. The van der Waals surface area contributed by atoms with E-state index in [2.05, 4.69) is 105 Å². The van der Waals surface area contributed by atoms with E-state index in [4.69, 9.17) is 0 Å². The van der Waals surface area contributed by atoms with Gasteiger partial charge in [-0.3, -0.25) is 0 Å². The topological polar surface area (TPSA) is 12.0 Å². The van der Waals surface area contributed by atoms with Gasteiger partial charge in [-0.05, 0) is 43.9 Å². The predicted molar refractivity (Wildman–Crippen MR) is 124 cm³/mol. The first-order chi connectivity index (χ1) is 13.6. The lowest BCUT2D eigenvalue weighted by atomic mass is 10.0. The van der Waals surface area contributed by atoms with Crippen molar-refractivity contribution < 1.29 is 0 Å². The highest BCUT2D eigenvalue weighted by molar-refractivity contribution is 7.99. The van der Waals surface area contributed by atoms with Crippen molar-refractivity contribution in [2.75, 3.05) is 12.3 Å². The number of hydrogen-bond donors (Lipinski definition) is 1. The summed E-state index contributed by atoms with van der Waals surface area (Å²) in [4.78, 5) is 0. The highest BCUT2D eigenvalue weighted by atomic mass is 32.2. The summed E-state index contributed by atoms with van der Waals surface area (Å²) in [7, 11) is 0. The molecule has 3 rings (SSSR count). The van der Waals surface area contributed by atoms with E-state index in [9.17, 15) is 0 Å². The number of nitrogens with one attached hydrogen (secondary N) is 1. The third-order valence-electron chi connectivity index (χ3n) is 5.02. The summed E-state index contributed by atoms with van der Waals surface area (Å²) in [5.41, 5.74) is 6.79. The van der Waals surface area contributed by atoms with Gasteiger partial charge in [-0.2, -0.15) is 0 Å². The van der Waals surface area contributed by atoms with Crippen LogP contribution in [0, 0.1) is 13.8 Å². The fraction of sp³-hybridized carbons (Fsp3) is 0.308. The second kappa shape index (κ2) is 10.5. The van der Waals surface area contributed by atoms with Crippen LogP contribution in [0.25, 0.3) is 0 Å². The van der Waals surface area contributed by atoms with Crippen molar-refractivity contribution in [2.24, 2.45) is 0 Å². The molecule has 0 bridgehead atoms. The number of thioether (sulfide) groups is 1. The van der Waals surface area contributed by atoms with Gasteiger partial charge < -0.3 is 5.32 Å². The van der Waals surface area contributed by atoms with Gasteiger partial charge in [0.05, 0.1) is 5.25 Å². The fourth-order valence-electron chi connectivity index (χ4n) is 3.39. The Bertz CT molecular complexity index is 779. The molecule has 1 nitrogen and oxygen atoms in total. The molecule has 28 heavy (non-hydrogen) atoms. The van der Waals surface area contributed by atoms with Crippen LogP contribution in [0.15, 0.2) is 78.9 Å². The Morgan fingerprint density at radius 3 is 1.82 bits per heavy atom. The molecule has 0 amide bonds. The summed E-state index contributed by atoms with van der Waals surface area (Å²) in [6, 6.07) is 29.2. The minimum Gasteiger partial charge on any atom is -0.313 e. The normalized spacial score (nSPS) is 12.3. The molecule has 0 spiro atoms. The van der Waals surface area contributed by atoms with Crippen molar-refractivity contribution in [3.05, 3.63) is 107 Å². The SMILES string of the molecule is Cc1ccc(C(SCCNC(C)Cc2ccccc2)c2ccc(C)cc2)cc1. The molecule has 0 fully saturated rings. The quantitative estimate of drug-likeness (QED) is 0.428. The lowest BCUT2D eigenvalue weighted by molar-refractivity contribution is 0.568. The maximum Gasteiger partial charge on any atom is 0.0547 e. The molecule has 0 aliphatic rings. The van der Waals surface area contributed by atoms with Gasteiger partial charge in [0, 0.05) is 18.3 Å². The van der Waals surface area contributed by atoms with Crippen LogP contribution in [0.1, 0.15) is 40.0 Å². The van der Waals surface area contributed by atoms with Crippen LogP contribution < -0.4 is 5.32 Å². The summed E-state index contributed by atoms with van der Waals surface area (Å²) in [6.07, 6.45) is 1.07. The average molecular weight is 390 g/mol. The second-order valence-corrected chi connectivity index (χ2v) is 8.83. The molecule has 0 saturated carbocycles. The molecule has 0 aromatic heterocycles. The maximum absolute atomic E-state index is 3.69. The molecular formula is C26H31NS. The summed E-state index contributed by atoms with van der Waals surface area (Å²) in [5.74, 6) is 1.09. The molecule has 0 saturated heterocycles. The van der Waals surface area contributed by atoms with Gasteiger partial charge in [0.25, 0.3) is 0 Å². The Morgan fingerprint density at radius 2 is 1.29 bits per heavy atom. The molecule has 146 valence electrons. The van der Waals surface area contributed by atoms with E-state index >= 15 is 0 Å². The van der Waals surface area contributed by atoms with E-state index in [0.717, 1.165) is 18.7 Å². The molecule has 0 heterocycles. The molecule has 1 N–H and O–H groups in total. The Labute approximate surface area is 174 Å². The second-order valence-electron chi connectivity index (χ2n) is 7.62. The van der Waals surface area contributed by atoms with Crippen molar-refractivity contribution in [2.45, 2.75) is 38.5 Å². The van der Waals surface area contributed by atoms with Gasteiger partial charge in [-0.15, -0.1) is 11.8 Å². The number of aryl methyl sites for hydroxylation is 2. The van der Waals surface area contributed by atoms with Gasteiger partial charge in [0.2, 0.25) is 0 Å². The van der Waals surface area contributed by atoms with Crippen molar-refractivity contribution in [1.29, 1.82) is 0 Å². The average Bonchev–Trinajstić information content (AvgIpc) is 2.71. The van der Waals surface area contributed by atoms with E-state index in [1.165, 1.54) is 27.8 Å². The first kappa shape index (κ1) is 20.7. The minimum absolute atomic E-state index is 0.382. The number of hydrogen-bond acceptors (Lipinski definition) is 2. The molecule has 1 atom stereocenters. The zero-order valence-electron chi connectivity index (χ0n) is 17.2. The molecule has 3 aromatic carbocycles. The highest BCUT2D eigenvalue weighted by Crippen LogP contribution is 2.35. The van der Waals surface area contributed by atoms with E-state index in [-0.39, 0.29) is 0 Å². The third kappa shape index (κ3) is 6.25. The first-order valence-electron chi connectivity index (χ1n) is 10.1. The predicted octanol–water partition coefficient (Wildman–Crippen LogP) is 6.35. The van der Waals surface area contributed by atoms with E-state index in [0.29, 0.717) is 11.3 Å². The van der Waals surface area contributed by atoms with E-state index in [1.54, 1.807) is 0 Å². The van der Waals surface area contributed by atoms with Crippen molar-refractivity contribution in [3.8, 4) is 0 Å². The van der Waals surface area contributed by atoms with Crippen LogP contribution in [0.3, 0.4) is 0 Å². The first-order valence-corrected chi connectivity index (χ1v) is 11.2. The Balaban J connectivity index is 1.57.